The minimum atomic E-state index is 0.209. The van der Waals surface area contributed by atoms with E-state index in [9.17, 15) is 0 Å². The molecule has 1 aromatic carbocycles. The molecule has 1 rings (SSSR count). The molecule has 0 aliphatic heterocycles. The van der Waals surface area contributed by atoms with E-state index in [0.29, 0.717) is 6.54 Å². The molecule has 0 amide bonds. The number of nitrogens with one attached hydrogen (secondary N) is 1. The second-order valence-electron chi connectivity index (χ2n) is 4.28. The lowest BCUT2D eigenvalue weighted by atomic mass is 10.0. The van der Waals surface area contributed by atoms with Crippen molar-refractivity contribution in [2.45, 2.75) is 26.8 Å². The fraction of sp³-hybridized carbons (Fsp3) is 0.571. The highest BCUT2D eigenvalue weighted by Crippen LogP contribution is 2.33. The van der Waals surface area contributed by atoms with E-state index in [2.05, 4.69) is 5.32 Å². The molecular formula is C14H23NO3. The van der Waals surface area contributed by atoms with Gasteiger partial charge in [-0.25, -0.2) is 0 Å². The molecule has 0 aliphatic carbocycles. The van der Waals surface area contributed by atoms with Gasteiger partial charge in [0.1, 0.15) is 11.5 Å². The monoisotopic (exact) mass is 253 g/mol. The summed E-state index contributed by atoms with van der Waals surface area (Å²) in [6, 6.07) is 2.01. The second kappa shape index (κ2) is 7.24. The Balaban J connectivity index is 2.91. The zero-order valence-corrected chi connectivity index (χ0v) is 11.7. The molecular weight excluding hydrogens is 230 g/mol. The average Bonchev–Trinajstić information content (AvgIpc) is 2.38. The van der Waals surface area contributed by atoms with Crippen LogP contribution in [0.1, 0.15) is 23.1 Å². The van der Waals surface area contributed by atoms with E-state index >= 15 is 0 Å². The number of aliphatic hydroxyl groups excluding tert-OH is 1. The van der Waals surface area contributed by atoms with E-state index in [-0.39, 0.29) is 6.61 Å². The van der Waals surface area contributed by atoms with Crippen molar-refractivity contribution in [3.05, 3.63) is 22.8 Å². The lowest BCUT2D eigenvalue weighted by molar-refractivity contribution is 0.286. The number of aliphatic hydroxyl groups is 1. The van der Waals surface area contributed by atoms with Crippen molar-refractivity contribution in [2.75, 3.05) is 27.4 Å². The smallest absolute Gasteiger partial charge is 0.126 e. The van der Waals surface area contributed by atoms with Crippen LogP contribution in [0.4, 0.5) is 0 Å². The third kappa shape index (κ3) is 3.37. The first kappa shape index (κ1) is 14.8. The molecule has 2 N–H and O–H groups in total. The maximum atomic E-state index is 8.74. The zero-order chi connectivity index (χ0) is 13.5. The van der Waals surface area contributed by atoms with E-state index in [0.717, 1.165) is 41.2 Å². The molecule has 0 fully saturated rings. The van der Waals surface area contributed by atoms with E-state index in [1.807, 2.05) is 19.9 Å². The fourth-order valence-electron chi connectivity index (χ4n) is 1.98. The predicted molar refractivity (Wildman–Crippen MR) is 72.4 cm³/mol. The van der Waals surface area contributed by atoms with Crippen molar-refractivity contribution in [1.29, 1.82) is 0 Å². The number of rotatable bonds is 7. The lowest BCUT2D eigenvalue weighted by Gasteiger charge is -2.17. The van der Waals surface area contributed by atoms with Gasteiger partial charge in [0, 0.05) is 18.7 Å². The number of methoxy groups -OCH3 is 2. The Bertz CT molecular complexity index is 391. The Kier molecular flexibility index (Phi) is 5.95. The first-order valence-corrected chi connectivity index (χ1v) is 6.18. The maximum absolute atomic E-state index is 8.74. The zero-order valence-electron chi connectivity index (χ0n) is 11.7. The molecule has 4 nitrogen and oxygen atoms in total. The normalized spacial score (nSPS) is 10.5. The van der Waals surface area contributed by atoms with E-state index < -0.39 is 0 Å². The average molecular weight is 253 g/mol. The van der Waals surface area contributed by atoms with Crippen molar-refractivity contribution in [1.82, 2.24) is 5.32 Å². The number of ether oxygens (including phenoxy) is 2. The fourth-order valence-corrected chi connectivity index (χ4v) is 1.98. The van der Waals surface area contributed by atoms with Crippen LogP contribution in [0.2, 0.25) is 0 Å². The second-order valence-corrected chi connectivity index (χ2v) is 4.28. The number of benzene rings is 1. The third-order valence-electron chi connectivity index (χ3n) is 3.12. The Morgan fingerprint density at radius 1 is 1.17 bits per heavy atom. The van der Waals surface area contributed by atoms with Crippen LogP contribution in [0.3, 0.4) is 0 Å². The van der Waals surface area contributed by atoms with Crippen molar-refractivity contribution < 1.29 is 14.6 Å². The van der Waals surface area contributed by atoms with Crippen LogP contribution in [0.5, 0.6) is 11.5 Å². The van der Waals surface area contributed by atoms with Crippen LogP contribution in [0.15, 0.2) is 6.07 Å². The Hall–Kier alpha value is -1.26. The standard InChI is InChI=1S/C14H23NO3/c1-10-11(2)14(18-4)12(8-13(10)17-3)9-15-6-5-7-16/h8,15-16H,5-7,9H2,1-4H3. The summed E-state index contributed by atoms with van der Waals surface area (Å²) < 4.78 is 10.8. The van der Waals surface area contributed by atoms with Gasteiger partial charge in [0.25, 0.3) is 0 Å². The summed E-state index contributed by atoms with van der Waals surface area (Å²) in [6.45, 7) is 5.77. The number of hydrogen-bond donors (Lipinski definition) is 2. The molecule has 0 aromatic heterocycles. The summed E-state index contributed by atoms with van der Waals surface area (Å²) in [6.07, 6.45) is 0.754. The van der Waals surface area contributed by atoms with Gasteiger partial charge in [-0.05, 0) is 44.0 Å². The molecule has 0 spiro atoms. The quantitative estimate of drug-likeness (QED) is 0.727. The van der Waals surface area contributed by atoms with Gasteiger partial charge >= 0.3 is 0 Å². The maximum Gasteiger partial charge on any atom is 0.126 e. The van der Waals surface area contributed by atoms with E-state index in [1.165, 1.54) is 0 Å². The van der Waals surface area contributed by atoms with E-state index in [1.54, 1.807) is 14.2 Å². The van der Waals surface area contributed by atoms with Gasteiger partial charge in [0.15, 0.2) is 0 Å². The highest BCUT2D eigenvalue weighted by molar-refractivity contribution is 5.52. The van der Waals surface area contributed by atoms with Crippen LogP contribution in [0.25, 0.3) is 0 Å². The summed E-state index contributed by atoms with van der Waals surface area (Å²) in [5.41, 5.74) is 3.29. The number of hydrogen-bond acceptors (Lipinski definition) is 4. The largest absolute Gasteiger partial charge is 0.496 e. The van der Waals surface area contributed by atoms with Crippen molar-refractivity contribution in [3.63, 3.8) is 0 Å². The summed E-state index contributed by atoms with van der Waals surface area (Å²) >= 11 is 0. The molecule has 0 radical (unpaired) electrons. The van der Waals surface area contributed by atoms with Crippen LogP contribution in [-0.4, -0.2) is 32.5 Å². The highest BCUT2D eigenvalue weighted by Gasteiger charge is 2.13. The molecule has 18 heavy (non-hydrogen) atoms. The molecule has 0 aliphatic rings. The topological polar surface area (TPSA) is 50.7 Å². The SMILES string of the molecule is COc1cc(CNCCCO)c(OC)c(C)c1C. The van der Waals surface area contributed by atoms with Gasteiger partial charge in [-0.1, -0.05) is 0 Å². The molecule has 0 saturated carbocycles. The van der Waals surface area contributed by atoms with Gasteiger partial charge in [0.05, 0.1) is 14.2 Å². The molecule has 0 atom stereocenters. The lowest BCUT2D eigenvalue weighted by Crippen LogP contribution is -2.16. The third-order valence-corrected chi connectivity index (χ3v) is 3.12. The van der Waals surface area contributed by atoms with Crippen molar-refractivity contribution in [2.24, 2.45) is 0 Å². The molecule has 0 saturated heterocycles. The molecule has 0 heterocycles. The summed E-state index contributed by atoms with van der Waals surface area (Å²) in [5, 5.41) is 12.0. The summed E-state index contributed by atoms with van der Waals surface area (Å²) in [5.74, 6) is 1.79. The molecule has 102 valence electrons. The van der Waals surface area contributed by atoms with Crippen molar-refractivity contribution >= 4 is 0 Å². The first-order chi connectivity index (χ1) is 8.65. The Morgan fingerprint density at radius 3 is 2.44 bits per heavy atom. The minimum absolute atomic E-state index is 0.209. The van der Waals surface area contributed by atoms with Crippen LogP contribution in [-0.2, 0) is 6.54 Å². The molecule has 0 bridgehead atoms. The van der Waals surface area contributed by atoms with Crippen LogP contribution in [0, 0.1) is 13.8 Å². The summed E-state index contributed by atoms with van der Waals surface area (Å²) in [4.78, 5) is 0. The van der Waals surface area contributed by atoms with E-state index in [4.69, 9.17) is 14.6 Å². The van der Waals surface area contributed by atoms with Gasteiger partial charge in [0.2, 0.25) is 0 Å². The van der Waals surface area contributed by atoms with Gasteiger partial charge in [-0.2, -0.15) is 0 Å². The molecule has 1 aromatic rings. The van der Waals surface area contributed by atoms with Crippen molar-refractivity contribution in [3.8, 4) is 11.5 Å². The molecule has 0 unspecified atom stereocenters. The van der Waals surface area contributed by atoms with Crippen LogP contribution < -0.4 is 14.8 Å². The van der Waals surface area contributed by atoms with Gasteiger partial charge in [-0.15, -0.1) is 0 Å². The van der Waals surface area contributed by atoms with Gasteiger partial charge in [-0.3, -0.25) is 0 Å². The highest BCUT2D eigenvalue weighted by atomic mass is 16.5. The molecule has 4 heteroatoms. The Morgan fingerprint density at radius 2 is 1.89 bits per heavy atom. The Labute approximate surface area is 109 Å². The van der Waals surface area contributed by atoms with Gasteiger partial charge < -0.3 is 19.9 Å². The summed E-state index contributed by atoms with van der Waals surface area (Å²) in [7, 11) is 3.36. The van der Waals surface area contributed by atoms with Crippen LogP contribution >= 0.6 is 0 Å². The predicted octanol–water partition coefficient (Wildman–Crippen LogP) is 1.79. The first-order valence-electron chi connectivity index (χ1n) is 6.18. The minimum Gasteiger partial charge on any atom is -0.496 e.